The largest absolute Gasteiger partial charge is 0.394 e. The summed E-state index contributed by atoms with van der Waals surface area (Å²) >= 11 is 0. The lowest BCUT2D eigenvalue weighted by Gasteiger charge is -1.70. The van der Waals surface area contributed by atoms with Crippen LogP contribution in [0.25, 0.3) is 0 Å². The second kappa shape index (κ2) is 9.30. The minimum Gasteiger partial charge on any atom is -0.394 e. The van der Waals surface area contributed by atoms with Gasteiger partial charge in [0.1, 0.15) is 0 Å². The average molecular weight is 254 g/mol. The predicted molar refractivity (Wildman–Crippen MR) is 49.1 cm³/mol. The van der Waals surface area contributed by atoms with E-state index in [1.165, 1.54) is 0 Å². The van der Waals surface area contributed by atoms with Crippen LogP contribution in [0.1, 0.15) is 0 Å². The summed E-state index contributed by atoms with van der Waals surface area (Å²) in [6.07, 6.45) is 1.43. The molecule has 10 heteroatoms. The number of aliphatic hydroxyl groups is 2. The quantitative estimate of drug-likeness (QED) is 0.392. The minimum absolute atomic E-state index is 0.125. The molecule has 0 aliphatic rings. The molecule has 0 bridgehead atoms. The molecule has 0 aromatic rings. The Morgan fingerprint density at radius 3 is 0.857 bits per heavy atom. The van der Waals surface area contributed by atoms with Crippen LogP contribution in [-0.4, -0.2) is 61.9 Å². The van der Waals surface area contributed by atoms with E-state index < -0.39 is 20.2 Å². The Morgan fingerprint density at radius 1 is 0.786 bits per heavy atom. The van der Waals surface area contributed by atoms with Crippen molar-refractivity contribution in [1.29, 1.82) is 0 Å². The summed E-state index contributed by atoms with van der Waals surface area (Å²) < 4.78 is 51.7. The first-order valence-electron chi connectivity index (χ1n) is 2.98. The highest BCUT2D eigenvalue weighted by atomic mass is 32.2. The zero-order valence-corrected chi connectivity index (χ0v) is 9.29. The van der Waals surface area contributed by atoms with Crippen molar-refractivity contribution < 1.29 is 36.2 Å². The first kappa shape index (κ1) is 19.3. The van der Waals surface area contributed by atoms with Crippen LogP contribution in [0.15, 0.2) is 0 Å². The van der Waals surface area contributed by atoms with Crippen LogP contribution < -0.4 is 0 Å². The van der Waals surface area contributed by atoms with E-state index in [1.54, 1.807) is 0 Å². The van der Waals surface area contributed by atoms with Crippen molar-refractivity contribution in [2.24, 2.45) is 0 Å². The molecule has 0 amide bonds. The molecule has 0 rings (SSSR count). The third-order valence-corrected chi connectivity index (χ3v) is 0.1000. The Kier molecular flexibility index (Phi) is 12.8. The van der Waals surface area contributed by atoms with E-state index in [9.17, 15) is 16.8 Å². The smallest absolute Gasteiger partial charge is 0.261 e. The van der Waals surface area contributed by atoms with Crippen LogP contribution in [-0.2, 0) is 20.2 Å². The summed E-state index contributed by atoms with van der Waals surface area (Å²) in [5.41, 5.74) is 0. The number of hydrogen-bond acceptors (Lipinski definition) is 6. The highest BCUT2D eigenvalue weighted by molar-refractivity contribution is 7.85. The highest BCUT2D eigenvalue weighted by Gasteiger charge is 1.81. The maximum Gasteiger partial charge on any atom is 0.261 e. The molecule has 0 spiro atoms. The topological polar surface area (TPSA) is 149 Å². The lowest BCUT2D eigenvalue weighted by molar-refractivity contribution is 0.186. The first-order valence-corrected chi connectivity index (χ1v) is 6.68. The van der Waals surface area contributed by atoms with Crippen LogP contribution in [0.4, 0.5) is 0 Å². The van der Waals surface area contributed by atoms with Crippen LogP contribution in [0.5, 0.6) is 0 Å². The molecular weight excluding hydrogens is 240 g/mol. The molecule has 0 atom stereocenters. The highest BCUT2D eigenvalue weighted by Crippen LogP contribution is 1.60. The van der Waals surface area contributed by atoms with E-state index in [0.29, 0.717) is 12.5 Å². The van der Waals surface area contributed by atoms with Gasteiger partial charge in [0.25, 0.3) is 20.2 Å². The van der Waals surface area contributed by atoms with E-state index >= 15 is 0 Å². The van der Waals surface area contributed by atoms with Crippen molar-refractivity contribution in [3.63, 3.8) is 0 Å². The van der Waals surface area contributed by atoms with Gasteiger partial charge in [0.15, 0.2) is 0 Å². The van der Waals surface area contributed by atoms with Gasteiger partial charge >= 0.3 is 0 Å². The Balaban J connectivity index is -0.000000131. The molecule has 0 heterocycles. The molecule has 8 nitrogen and oxygen atoms in total. The van der Waals surface area contributed by atoms with Crippen molar-refractivity contribution in [2.45, 2.75) is 0 Å². The number of hydrogen-bond donors (Lipinski definition) is 4. The molecule has 0 aliphatic carbocycles. The van der Waals surface area contributed by atoms with Crippen LogP contribution in [0, 0.1) is 0 Å². The molecule has 0 aromatic carbocycles. The van der Waals surface area contributed by atoms with Crippen LogP contribution >= 0.6 is 0 Å². The second-order valence-corrected chi connectivity index (χ2v) is 4.85. The van der Waals surface area contributed by atoms with Crippen LogP contribution in [0.3, 0.4) is 0 Å². The molecule has 4 N–H and O–H groups in total. The van der Waals surface area contributed by atoms with Gasteiger partial charge in [-0.05, 0) is 0 Å². The molecule has 0 saturated carbocycles. The molecule has 0 aromatic heterocycles. The number of aliphatic hydroxyl groups excluding tert-OH is 2. The third kappa shape index (κ3) is 2470. The van der Waals surface area contributed by atoms with Gasteiger partial charge in [-0.3, -0.25) is 9.11 Å². The summed E-state index contributed by atoms with van der Waals surface area (Å²) in [6, 6.07) is 0. The molecule has 14 heavy (non-hydrogen) atoms. The minimum atomic E-state index is -3.67. The average Bonchev–Trinajstić information content (AvgIpc) is 1.79. The van der Waals surface area contributed by atoms with Crippen molar-refractivity contribution in [3.05, 3.63) is 0 Å². The second-order valence-electron chi connectivity index (χ2n) is 1.91. The van der Waals surface area contributed by atoms with E-state index in [1.807, 2.05) is 0 Å². The summed E-state index contributed by atoms with van der Waals surface area (Å²) in [6.45, 7) is -0.250. The van der Waals surface area contributed by atoms with E-state index in [4.69, 9.17) is 19.3 Å². The molecule has 0 fully saturated rings. The van der Waals surface area contributed by atoms with E-state index in [2.05, 4.69) is 0 Å². The first-order chi connectivity index (χ1) is 5.91. The van der Waals surface area contributed by atoms with E-state index in [0.717, 1.165) is 0 Å². The zero-order valence-electron chi connectivity index (χ0n) is 7.65. The molecule has 0 aliphatic heterocycles. The summed E-state index contributed by atoms with van der Waals surface area (Å²) in [5, 5.41) is 15.2. The fourth-order valence-corrected chi connectivity index (χ4v) is 0. The van der Waals surface area contributed by atoms with Crippen molar-refractivity contribution in [2.75, 3.05) is 25.7 Å². The normalized spacial score (nSPS) is 10.4. The summed E-state index contributed by atoms with van der Waals surface area (Å²) in [4.78, 5) is 0. The Bertz CT molecular complexity index is 239. The van der Waals surface area contributed by atoms with E-state index in [-0.39, 0.29) is 13.2 Å². The Morgan fingerprint density at radius 2 is 0.857 bits per heavy atom. The van der Waals surface area contributed by atoms with Gasteiger partial charge in [0.05, 0.1) is 25.7 Å². The van der Waals surface area contributed by atoms with Gasteiger partial charge in [-0.1, -0.05) is 0 Å². The Hall–Kier alpha value is -0.260. The summed E-state index contributed by atoms with van der Waals surface area (Å²) in [7, 11) is -7.33. The molecule has 0 unspecified atom stereocenters. The third-order valence-electron chi connectivity index (χ3n) is 0.1000. The molecule has 0 saturated heterocycles. The summed E-state index contributed by atoms with van der Waals surface area (Å²) in [5.74, 6) is 0. The fourth-order valence-electron chi connectivity index (χ4n) is 0. The lowest BCUT2D eigenvalue weighted by Crippen LogP contribution is -1.88. The molecule has 90 valence electrons. The SMILES string of the molecule is CS(=O)(=O)O.CS(=O)(=O)O.OCCO. The van der Waals surface area contributed by atoms with Crippen LogP contribution in [0.2, 0.25) is 0 Å². The van der Waals surface area contributed by atoms with Gasteiger partial charge in [-0.2, -0.15) is 16.8 Å². The van der Waals surface area contributed by atoms with Gasteiger partial charge < -0.3 is 10.2 Å². The maximum absolute atomic E-state index is 9.19. The van der Waals surface area contributed by atoms with Gasteiger partial charge in [0, 0.05) is 0 Å². The van der Waals surface area contributed by atoms with Crippen molar-refractivity contribution in [1.82, 2.24) is 0 Å². The monoisotopic (exact) mass is 254 g/mol. The molecule has 0 radical (unpaired) electrons. The lowest BCUT2D eigenvalue weighted by atomic mass is 10.8. The standard InChI is InChI=1S/C2H6O2.2CH4O3S/c3-1-2-4;2*1-5(2,3)4/h3-4H,1-2H2;2*1H3,(H,2,3,4). The van der Waals surface area contributed by atoms with Gasteiger partial charge in [0.2, 0.25) is 0 Å². The van der Waals surface area contributed by atoms with Gasteiger partial charge in [-0.25, -0.2) is 0 Å². The van der Waals surface area contributed by atoms with Crippen molar-refractivity contribution in [3.8, 4) is 0 Å². The predicted octanol–water partition coefficient (Wildman–Crippen LogP) is -2.02. The number of rotatable bonds is 1. The van der Waals surface area contributed by atoms with Crippen molar-refractivity contribution >= 4 is 20.2 Å². The maximum atomic E-state index is 9.19. The fraction of sp³-hybridized carbons (Fsp3) is 1.00. The van der Waals surface area contributed by atoms with Gasteiger partial charge in [-0.15, -0.1) is 0 Å². The zero-order chi connectivity index (χ0) is 12.4. The Labute approximate surface area is 82.7 Å². The molecular formula is C4H14O8S2.